The fourth-order valence-corrected chi connectivity index (χ4v) is 3.17. The molecule has 7 nitrogen and oxygen atoms in total. The minimum absolute atomic E-state index is 0.272. The molecule has 4 aromatic rings. The minimum Gasteiger partial charge on any atom is -0.449 e. The van der Waals surface area contributed by atoms with Crippen LogP contribution in [0, 0.1) is 6.92 Å². The largest absolute Gasteiger partial charge is 0.449 e. The van der Waals surface area contributed by atoms with E-state index in [2.05, 4.69) is 15.3 Å². The molecule has 0 aliphatic heterocycles. The minimum atomic E-state index is -0.966. The van der Waals surface area contributed by atoms with Gasteiger partial charge in [-0.3, -0.25) is 4.79 Å². The van der Waals surface area contributed by atoms with Crippen molar-refractivity contribution >= 4 is 28.8 Å². The average Bonchev–Trinajstić information content (AvgIpc) is 3.21. The predicted octanol–water partition coefficient (Wildman–Crippen LogP) is 4.77. The lowest BCUT2D eigenvalue weighted by atomic mass is 10.1. The van der Waals surface area contributed by atoms with Crippen LogP contribution in [0.3, 0.4) is 0 Å². The van der Waals surface area contributed by atoms with E-state index in [0.717, 1.165) is 5.69 Å². The van der Waals surface area contributed by atoms with Crippen molar-refractivity contribution in [3.05, 3.63) is 78.0 Å². The standard InChI is InChI=1S/C24H21N3O4/c1-3-19(22(28)27-21-14-8-9-15(2)25-21)31-24(29)17-11-5-4-10-16(17)23-26-18-12-6-7-13-20(18)30-23/h4-14,19H,3H2,1-2H3,(H,25,27,28). The van der Waals surface area contributed by atoms with E-state index in [1.165, 1.54) is 0 Å². The first-order valence-electron chi connectivity index (χ1n) is 9.95. The summed E-state index contributed by atoms with van der Waals surface area (Å²) in [5.74, 6) is -0.341. The number of pyridine rings is 1. The zero-order valence-electron chi connectivity index (χ0n) is 17.2. The average molecular weight is 415 g/mol. The quantitative estimate of drug-likeness (QED) is 0.456. The van der Waals surface area contributed by atoms with E-state index in [4.69, 9.17) is 9.15 Å². The number of para-hydroxylation sites is 2. The first-order valence-corrected chi connectivity index (χ1v) is 9.95. The lowest BCUT2D eigenvalue weighted by molar-refractivity contribution is -0.124. The number of aryl methyl sites for hydroxylation is 1. The van der Waals surface area contributed by atoms with Crippen molar-refractivity contribution in [2.75, 3.05) is 5.32 Å². The van der Waals surface area contributed by atoms with Crippen LogP contribution in [0.5, 0.6) is 0 Å². The highest BCUT2D eigenvalue weighted by Crippen LogP contribution is 2.27. The highest BCUT2D eigenvalue weighted by molar-refractivity contribution is 6.00. The maximum Gasteiger partial charge on any atom is 0.339 e. The number of ether oxygens (including phenoxy) is 1. The lowest BCUT2D eigenvalue weighted by Crippen LogP contribution is -2.32. The van der Waals surface area contributed by atoms with E-state index in [1.54, 1.807) is 43.3 Å². The van der Waals surface area contributed by atoms with Gasteiger partial charge in [-0.1, -0.05) is 37.3 Å². The molecule has 1 unspecified atom stereocenters. The van der Waals surface area contributed by atoms with E-state index in [9.17, 15) is 9.59 Å². The summed E-state index contributed by atoms with van der Waals surface area (Å²) >= 11 is 0. The summed E-state index contributed by atoms with van der Waals surface area (Å²) in [5, 5.41) is 2.70. The van der Waals surface area contributed by atoms with E-state index in [-0.39, 0.29) is 5.56 Å². The van der Waals surface area contributed by atoms with Gasteiger partial charge in [-0.2, -0.15) is 0 Å². The SMILES string of the molecule is CCC(OC(=O)c1ccccc1-c1nc2ccccc2o1)C(=O)Nc1cccc(C)n1. The Hall–Kier alpha value is -4.00. The number of fused-ring (bicyclic) bond motifs is 1. The Morgan fingerprint density at radius 1 is 1.00 bits per heavy atom. The molecule has 7 heteroatoms. The van der Waals surface area contributed by atoms with E-state index >= 15 is 0 Å². The summed E-state index contributed by atoms with van der Waals surface area (Å²) in [6, 6.07) is 19.5. The van der Waals surface area contributed by atoms with Gasteiger partial charge in [0.05, 0.1) is 11.1 Å². The van der Waals surface area contributed by atoms with Crippen LogP contribution in [0.25, 0.3) is 22.6 Å². The summed E-state index contributed by atoms with van der Waals surface area (Å²) < 4.78 is 11.3. The van der Waals surface area contributed by atoms with Gasteiger partial charge in [0.25, 0.3) is 5.91 Å². The van der Waals surface area contributed by atoms with Crippen LogP contribution in [0.4, 0.5) is 5.82 Å². The first kappa shape index (κ1) is 20.3. The van der Waals surface area contributed by atoms with Crippen molar-refractivity contribution < 1.29 is 18.7 Å². The lowest BCUT2D eigenvalue weighted by Gasteiger charge is -2.16. The second-order valence-corrected chi connectivity index (χ2v) is 6.99. The molecule has 2 heterocycles. The van der Waals surface area contributed by atoms with Crippen LogP contribution >= 0.6 is 0 Å². The Kier molecular flexibility index (Phi) is 5.75. The van der Waals surface area contributed by atoms with Crippen LogP contribution in [-0.4, -0.2) is 27.9 Å². The molecule has 1 atom stereocenters. The fourth-order valence-electron chi connectivity index (χ4n) is 3.17. The Bertz CT molecular complexity index is 1220. The summed E-state index contributed by atoms with van der Waals surface area (Å²) in [4.78, 5) is 34.3. The van der Waals surface area contributed by atoms with Crippen molar-refractivity contribution in [3.8, 4) is 11.5 Å². The molecule has 0 bridgehead atoms. The van der Waals surface area contributed by atoms with E-state index in [1.807, 2.05) is 37.3 Å². The molecule has 0 aliphatic rings. The maximum atomic E-state index is 12.9. The number of rotatable bonds is 6. The Morgan fingerprint density at radius 3 is 2.55 bits per heavy atom. The number of nitrogens with zero attached hydrogens (tertiary/aromatic N) is 2. The van der Waals surface area contributed by atoms with Gasteiger partial charge < -0.3 is 14.5 Å². The molecule has 31 heavy (non-hydrogen) atoms. The molecule has 1 N–H and O–H groups in total. The van der Waals surface area contributed by atoms with Crippen LogP contribution in [0.15, 0.2) is 71.1 Å². The number of carbonyl (C=O) groups is 2. The molecule has 0 aliphatic carbocycles. The van der Waals surface area contributed by atoms with E-state index < -0.39 is 18.0 Å². The summed E-state index contributed by atoms with van der Waals surface area (Å²) in [6.07, 6.45) is -0.652. The molecule has 0 fully saturated rings. The second kappa shape index (κ2) is 8.79. The number of hydrogen-bond acceptors (Lipinski definition) is 6. The van der Waals surface area contributed by atoms with Crippen LogP contribution in [0.1, 0.15) is 29.4 Å². The zero-order valence-corrected chi connectivity index (χ0v) is 17.2. The third-order valence-electron chi connectivity index (χ3n) is 4.72. The van der Waals surface area contributed by atoms with Crippen LogP contribution in [0.2, 0.25) is 0 Å². The molecule has 2 aromatic carbocycles. The Labute approximate surface area is 179 Å². The molecule has 156 valence electrons. The topological polar surface area (TPSA) is 94.3 Å². The zero-order chi connectivity index (χ0) is 21.8. The number of benzene rings is 2. The Balaban J connectivity index is 1.55. The van der Waals surface area contributed by atoms with Crippen molar-refractivity contribution in [1.29, 1.82) is 0 Å². The fraction of sp³-hybridized carbons (Fsp3) is 0.167. The van der Waals surface area contributed by atoms with Gasteiger partial charge in [0, 0.05) is 5.69 Å². The Morgan fingerprint density at radius 2 is 1.77 bits per heavy atom. The van der Waals surface area contributed by atoms with Gasteiger partial charge in [-0.25, -0.2) is 14.8 Å². The van der Waals surface area contributed by atoms with E-state index in [0.29, 0.717) is 34.8 Å². The first-order chi connectivity index (χ1) is 15.0. The predicted molar refractivity (Wildman–Crippen MR) is 117 cm³/mol. The van der Waals surface area contributed by atoms with Gasteiger partial charge in [0.15, 0.2) is 11.7 Å². The molecular weight excluding hydrogens is 394 g/mol. The maximum absolute atomic E-state index is 12.9. The summed E-state index contributed by atoms with van der Waals surface area (Å²) in [5.41, 5.74) is 2.86. The molecular formula is C24H21N3O4. The van der Waals surface area contributed by atoms with Crippen molar-refractivity contribution in [3.63, 3.8) is 0 Å². The van der Waals surface area contributed by atoms with Gasteiger partial charge in [0.2, 0.25) is 5.89 Å². The third-order valence-corrected chi connectivity index (χ3v) is 4.72. The van der Waals surface area contributed by atoms with Gasteiger partial charge in [-0.05, 0) is 49.7 Å². The molecule has 4 rings (SSSR count). The number of carbonyl (C=O) groups excluding carboxylic acids is 2. The number of hydrogen-bond donors (Lipinski definition) is 1. The number of esters is 1. The number of oxazole rings is 1. The highest BCUT2D eigenvalue weighted by Gasteiger charge is 2.25. The van der Waals surface area contributed by atoms with Gasteiger partial charge in [0.1, 0.15) is 11.3 Å². The van der Waals surface area contributed by atoms with Crippen molar-refractivity contribution in [1.82, 2.24) is 9.97 Å². The van der Waals surface area contributed by atoms with Crippen molar-refractivity contribution in [2.45, 2.75) is 26.4 Å². The molecule has 1 amide bonds. The van der Waals surface area contributed by atoms with Crippen LogP contribution in [-0.2, 0) is 9.53 Å². The van der Waals surface area contributed by atoms with Crippen LogP contribution < -0.4 is 5.32 Å². The summed E-state index contributed by atoms with van der Waals surface area (Å²) in [7, 11) is 0. The number of aromatic nitrogens is 2. The monoisotopic (exact) mass is 415 g/mol. The van der Waals surface area contributed by atoms with Gasteiger partial charge >= 0.3 is 5.97 Å². The normalized spacial score (nSPS) is 11.8. The number of amides is 1. The summed E-state index contributed by atoms with van der Waals surface area (Å²) in [6.45, 7) is 3.60. The molecule has 0 saturated heterocycles. The third kappa shape index (κ3) is 4.45. The molecule has 0 saturated carbocycles. The molecule has 0 radical (unpaired) electrons. The number of nitrogens with one attached hydrogen (secondary N) is 1. The highest BCUT2D eigenvalue weighted by atomic mass is 16.5. The molecule has 0 spiro atoms. The molecule has 2 aromatic heterocycles. The smallest absolute Gasteiger partial charge is 0.339 e. The second-order valence-electron chi connectivity index (χ2n) is 6.99. The van der Waals surface area contributed by atoms with Crippen molar-refractivity contribution in [2.24, 2.45) is 0 Å². The van der Waals surface area contributed by atoms with Gasteiger partial charge in [-0.15, -0.1) is 0 Å². The number of anilines is 1.